The molecule has 1 atom stereocenters. The van der Waals surface area contributed by atoms with E-state index < -0.39 is 0 Å². The number of hydrogen-bond donors (Lipinski definition) is 0. The van der Waals surface area contributed by atoms with Gasteiger partial charge in [-0.05, 0) is 6.07 Å². The van der Waals surface area contributed by atoms with E-state index in [0.717, 1.165) is 16.6 Å². The Labute approximate surface area is 104 Å². The Morgan fingerprint density at radius 2 is 2.29 bits per heavy atom. The molecule has 2 aromatic rings. The van der Waals surface area contributed by atoms with Gasteiger partial charge < -0.3 is 4.90 Å². The number of alkyl halides is 1. The number of aromatic nitrogens is 2. The molecule has 0 saturated carbocycles. The second-order valence-corrected chi connectivity index (χ2v) is 4.91. The molecule has 1 saturated heterocycles. The zero-order valence-corrected chi connectivity index (χ0v) is 10.2. The van der Waals surface area contributed by atoms with Gasteiger partial charge in [0.25, 0.3) is 0 Å². The maximum absolute atomic E-state index is 11.9. The van der Waals surface area contributed by atoms with Crippen LogP contribution in [-0.2, 0) is 11.8 Å². The Balaban J connectivity index is 2.17. The molecule has 1 aliphatic rings. The van der Waals surface area contributed by atoms with E-state index in [1.165, 1.54) is 0 Å². The van der Waals surface area contributed by atoms with Crippen LogP contribution in [0.2, 0.25) is 0 Å². The van der Waals surface area contributed by atoms with Crippen molar-refractivity contribution in [2.24, 2.45) is 7.05 Å². The quantitative estimate of drug-likeness (QED) is 0.725. The Morgan fingerprint density at radius 1 is 1.47 bits per heavy atom. The summed E-state index contributed by atoms with van der Waals surface area (Å²) in [5.41, 5.74) is 1.88. The number of hydrogen-bond acceptors (Lipinski definition) is 2. The molecule has 0 aliphatic carbocycles. The van der Waals surface area contributed by atoms with Crippen molar-refractivity contribution in [3.8, 4) is 0 Å². The molecule has 1 aliphatic heterocycles. The van der Waals surface area contributed by atoms with Crippen LogP contribution in [-0.4, -0.2) is 27.6 Å². The molecule has 0 radical (unpaired) electrons. The highest BCUT2D eigenvalue weighted by Gasteiger charge is 2.30. The number of carbonyl (C=O) groups is 1. The summed E-state index contributed by atoms with van der Waals surface area (Å²) in [6.45, 7) is 0.574. The first kappa shape index (κ1) is 10.6. The van der Waals surface area contributed by atoms with Crippen LogP contribution in [0.5, 0.6) is 0 Å². The summed E-state index contributed by atoms with van der Waals surface area (Å²) in [4.78, 5) is 13.6. The molecule has 17 heavy (non-hydrogen) atoms. The fraction of sp³-hybridized carbons (Fsp3) is 0.333. The zero-order valence-electron chi connectivity index (χ0n) is 9.43. The maximum atomic E-state index is 11.9. The van der Waals surface area contributed by atoms with Crippen LogP contribution in [0.4, 0.5) is 5.69 Å². The van der Waals surface area contributed by atoms with Crippen LogP contribution in [0.15, 0.2) is 24.4 Å². The lowest BCUT2D eigenvalue weighted by Crippen LogP contribution is -2.25. The van der Waals surface area contributed by atoms with Crippen LogP contribution in [0.25, 0.3) is 10.9 Å². The smallest absolute Gasteiger partial charge is 0.228 e. The van der Waals surface area contributed by atoms with Crippen LogP contribution < -0.4 is 4.90 Å². The second-order valence-electron chi connectivity index (χ2n) is 4.29. The summed E-state index contributed by atoms with van der Waals surface area (Å²) in [5, 5.41) is 5.16. The monoisotopic (exact) mass is 249 g/mol. The standard InChI is InChI=1S/C12H12ClN3O/c1-15-12-8(6-14-15)3-2-4-10(12)16-7-9(13)5-11(16)17/h2-4,6,9H,5,7H2,1H3. The topological polar surface area (TPSA) is 38.1 Å². The minimum atomic E-state index is -0.0917. The summed E-state index contributed by atoms with van der Waals surface area (Å²) in [6.07, 6.45) is 2.22. The van der Waals surface area contributed by atoms with E-state index in [1.807, 2.05) is 25.2 Å². The van der Waals surface area contributed by atoms with E-state index in [4.69, 9.17) is 11.6 Å². The molecular formula is C12H12ClN3O. The third-order valence-corrected chi connectivity index (χ3v) is 3.40. The number of fused-ring (bicyclic) bond motifs is 1. The van der Waals surface area contributed by atoms with E-state index in [2.05, 4.69) is 5.10 Å². The predicted octanol–water partition coefficient (Wildman–Crippen LogP) is 1.92. The minimum Gasteiger partial charge on any atom is -0.309 e. The van der Waals surface area contributed by atoms with E-state index in [9.17, 15) is 4.79 Å². The molecule has 2 heterocycles. The molecule has 1 unspecified atom stereocenters. The first-order valence-electron chi connectivity index (χ1n) is 5.52. The summed E-state index contributed by atoms with van der Waals surface area (Å²) < 4.78 is 1.79. The molecule has 0 bridgehead atoms. The molecule has 1 fully saturated rings. The molecule has 1 aromatic carbocycles. The molecule has 1 aromatic heterocycles. The van der Waals surface area contributed by atoms with Gasteiger partial charge in [0.2, 0.25) is 5.91 Å². The van der Waals surface area contributed by atoms with Crippen molar-refractivity contribution in [1.29, 1.82) is 0 Å². The predicted molar refractivity (Wildman–Crippen MR) is 67.3 cm³/mol. The largest absolute Gasteiger partial charge is 0.309 e. The number of aryl methyl sites for hydroxylation is 1. The highest BCUT2D eigenvalue weighted by Crippen LogP contribution is 2.30. The molecule has 0 N–H and O–H groups in total. The number of anilines is 1. The summed E-state index contributed by atoms with van der Waals surface area (Å²) in [5.74, 6) is 0.0821. The lowest BCUT2D eigenvalue weighted by Gasteiger charge is -2.17. The molecule has 4 nitrogen and oxygen atoms in total. The van der Waals surface area contributed by atoms with Crippen molar-refractivity contribution in [3.63, 3.8) is 0 Å². The lowest BCUT2D eigenvalue weighted by atomic mass is 10.2. The first-order valence-corrected chi connectivity index (χ1v) is 5.95. The van der Waals surface area contributed by atoms with E-state index in [0.29, 0.717) is 13.0 Å². The third-order valence-electron chi connectivity index (χ3n) is 3.11. The van der Waals surface area contributed by atoms with Crippen molar-refractivity contribution in [3.05, 3.63) is 24.4 Å². The van der Waals surface area contributed by atoms with Gasteiger partial charge in [-0.2, -0.15) is 5.10 Å². The number of nitrogens with zero attached hydrogens (tertiary/aromatic N) is 3. The van der Waals surface area contributed by atoms with Crippen LogP contribution in [0.1, 0.15) is 6.42 Å². The van der Waals surface area contributed by atoms with Crippen molar-refractivity contribution >= 4 is 34.1 Å². The zero-order chi connectivity index (χ0) is 12.0. The normalized spacial score (nSPS) is 20.5. The van der Waals surface area contributed by atoms with E-state index >= 15 is 0 Å². The van der Waals surface area contributed by atoms with Crippen molar-refractivity contribution in [1.82, 2.24) is 9.78 Å². The van der Waals surface area contributed by atoms with Crippen LogP contribution >= 0.6 is 11.6 Å². The van der Waals surface area contributed by atoms with Crippen molar-refractivity contribution in [2.75, 3.05) is 11.4 Å². The van der Waals surface area contributed by atoms with Gasteiger partial charge in [-0.3, -0.25) is 9.48 Å². The first-order chi connectivity index (χ1) is 8.16. The van der Waals surface area contributed by atoms with Gasteiger partial charge in [-0.15, -0.1) is 11.6 Å². The van der Waals surface area contributed by atoms with Gasteiger partial charge in [0.05, 0.1) is 22.8 Å². The molecule has 3 rings (SSSR count). The van der Waals surface area contributed by atoms with Crippen LogP contribution in [0.3, 0.4) is 0 Å². The number of amides is 1. The highest BCUT2D eigenvalue weighted by atomic mass is 35.5. The highest BCUT2D eigenvalue weighted by molar-refractivity contribution is 6.24. The summed E-state index contributed by atoms with van der Waals surface area (Å²) in [6, 6.07) is 5.87. The Hall–Kier alpha value is -1.55. The number of rotatable bonds is 1. The van der Waals surface area contributed by atoms with E-state index in [1.54, 1.807) is 15.8 Å². The molecule has 1 amide bonds. The van der Waals surface area contributed by atoms with Crippen molar-refractivity contribution in [2.45, 2.75) is 11.8 Å². The average molecular weight is 250 g/mol. The molecular weight excluding hydrogens is 238 g/mol. The fourth-order valence-electron chi connectivity index (χ4n) is 2.33. The van der Waals surface area contributed by atoms with Gasteiger partial charge in [0, 0.05) is 25.4 Å². The van der Waals surface area contributed by atoms with Crippen molar-refractivity contribution < 1.29 is 4.79 Å². The molecule has 5 heteroatoms. The lowest BCUT2D eigenvalue weighted by molar-refractivity contribution is -0.117. The van der Waals surface area contributed by atoms with Crippen LogP contribution in [0, 0.1) is 0 Å². The Bertz CT molecular complexity index is 592. The number of halogens is 1. The second kappa shape index (κ2) is 3.74. The summed E-state index contributed by atoms with van der Waals surface area (Å²) in [7, 11) is 1.88. The fourth-order valence-corrected chi connectivity index (χ4v) is 2.60. The number of para-hydroxylation sites is 1. The SMILES string of the molecule is Cn1ncc2cccc(N3CC(Cl)CC3=O)c21. The number of benzene rings is 1. The summed E-state index contributed by atoms with van der Waals surface area (Å²) >= 11 is 6.03. The van der Waals surface area contributed by atoms with Gasteiger partial charge in [0.15, 0.2) is 0 Å². The van der Waals surface area contributed by atoms with Gasteiger partial charge in [-0.25, -0.2) is 0 Å². The van der Waals surface area contributed by atoms with E-state index in [-0.39, 0.29) is 11.3 Å². The Morgan fingerprint density at radius 3 is 3.00 bits per heavy atom. The average Bonchev–Trinajstić information content (AvgIpc) is 2.83. The Kier molecular flexibility index (Phi) is 2.33. The van der Waals surface area contributed by atoms with Gasteiger partial charge >= 0.3 is 0 Å². The molecule has 88 valence electrons. The third kappa shape index (κ3) is 1.60. The maximum Gasteiger partial charge on any atom is 0.228 e. The van der Waals surface area contributed by atoms with Gasteiger partial charge in [-0.1, -0.05) is 12.1 Å². The molecule has 0 spiro atoms. The number of carbonyl (C=O) groups excluding carboxylic acids is 1. The van der Waals surface area contributed by atoms with Gasteiger partial charge in [0.1, 0.15) is 0 Å². The minimum absolute atomic E-state index is 0.0821.